The van der Waals surface area contributed by atoms with E-state index >= 15 is 0 Å². The third kappa shape index (κ3) is 3.43. The van der Waals surface area contributed by atoms with Crippen molar-refractivity contribution in [2.24, 2.45) is 10.9 Å². The molecule has 3 N–H and O–H groups in total. The molecular weight excluding hydrogens is 210 g/mol. The van der Waals surface area contributed by atoms with Crippen LogP contribution in [0.5, 0.6) is 0 Å². The van der Waals surface area contributed by atoms with Crippen molar-refractivity contribution in [2.75, 3.05) is 0 Å². The number of hydrogen-bond acceptors (Lipinski definition) is 4. The zero-order valence-electron chi connectivity index (χ0n) is 9.06. The largest absolute Gasteiger partial charge is 0.409 e. The molecule has 1 rings (SSSR count). The van der Waals surface area contributed by atoms with Crippen LogP contribution in [0.3, 0.4) is 0 Å². The molecule has 0 aliphatic rings. The summed E-state index contributed by atoms with van der Waals surface area (Å²) < 4.78 is 0.0630. The summed E-state index contributed by atoms with van der Waals surface area (Å²) >= 11 is 1.64. The van der Waals surface area contributed by atoms with E-state index in [0.29, 0.717) is 5.69 Å². The standard InChI is InChI=1S/C10H15N3OS/c1-10(2,3)15-7-5-4-6-12-8(7)9(11)13-14/h4-6,14H,1-3H3,(H2,11,13). The minimum Gasteiger partial charge on any atom is -0.409 e. The Bertz CT molecular complexity index is 371. The van der Waals surface area contributed by atoms with Crippen LogP contribution in [0.2, 0.25) is 0 Å². The van der Waals surface area contributed by atoms with E-state index in [1.165, 1.54) is 0 Å². The van der Waals surface area contributed by atoms with Gasteiger partial charge in [-0.1, -0.05) is 25.9 Å². The second-order valence-corrected chi connectivity index (χ2v) is 5.92. The molecular formula is C10H15N3OS. The summed E-state index contributed by atoms with van der Waals surface area (Å²) in [6.45, 7) is 6.29. The van der Waals surface area contributed by atoms with Crippen LogP contribution in [0.25, 0.3) is 0 Å². The summed E-state index contributed by atoms with van der Waals surface area (Å²) in [5.41, 5.74) is 6.07. The highest BCUT2D eigenvalue weighted by Crippen LogP contribution is 2.33. The van der Waals surface area contributed by atoms with Crippen LogP contribution in [-0.4, -0.2) is 20.8 Å². The first kappa shape index (κ1) is 11.8. The lowest BCUT2D eigenvalue weighted by molar-refractivity contribution is 0.318. The smallest absolute Gasteiger partial charge is 0.189 e. The summed E-state index contributed by atoms with van der Waals surface area (Å²) in [7, 11) is 0. The van der Waals surface area contributed by atoms with Crippen LogP contribution < -0.4 is 5.73 Å². The number of amidine groups is 1. The highest BCUT2D eigenvalue weighted by molar-refractivity contribution is 8.00. The molecule has 1 heterocycles. The Kier molecular flexibility index (Phi) is 3.57. The summed E-state index contributed by atoms with van der Waals surface area (Å²) in [4.78, 5) is 5.01. The highest BCUT2D eigenvalue weighted by Gasteiger charge is 2.16. The Labute approximate surface area is 93.6 Å². The number of hydrogen-bond donors (Lipinski definition) is 2. The highest BCUT2D eigenvalue weighted by atomic mass is 32.2. The van der Waals surface area contributed by atoms with E-state index in [2.05, 4.69) is 30.9 Å². The van der Waals surface area contributed by atoms with Gasteiger partial charge in [0.1, 0.15) is 5.69 Å². The topological polar surface area (TPSA) is 71.5 Å². The molecule has 5 heteroatoms. The van der Waals surface area contributed by atoms with Gasteiger partial charge in [-0.05, 0) is 12.1 Å². The molecule has 0 radical (unpaired) electrons. The van der Waals surface area contributed by atoms with Crippen LogP contribution in [0.15, 0.2) is 28.4 Å². The average molecular weight is 225 g/mol. The van der Waals surface area contributed by atoms with Gasteiger partial charge in [0.25, 0.3) is 0 Å². The van der Waals surface area contributed by atoms with Crippen LogP contribution >= 0.6 is 11.8 Å². The van der Waals surface area contributed by atoms with Crippen LogP contribution in [0.1, 0.15) is 26.5 Å². The number of nitrogens with zero attached hydrogens (tertiary/aromatic N) is 2. The predicted molar refractivity (Wildman–Crippen MR) is 62.4 cm³/mol. The average Bonchev–Trinajstić information content (AvgIpc) is 2.15. The molecule has 0 amide bonds. The zero-order chi connectivity index (χ0) is 11.5. The summed E-state index contributed by atoms with van der Waals surface area (Å²) in [5.74, 6) is 0.0438. The minimum atomic E-state index is 0.0438. The Hall–Kier alpha value is -1.23. The van der Waals surface area contributed by atoms with Gasteiger partial charge in [0.05, 0.1) is 0 Å². The second kappa shape index (κ2) is 4.53. The third-order valence-corrected chi connectivity index (χ3v) is 2.70. The molecule has 0 aromatic carbocycles. The van der Waals surface area contributed by atoms with Crippen LogP contribution in [0, 0.1) is 0 Å². The van der Waals surface area contributed by atoms with Gasteiger partial charge in [0.2, 0.25) is 0 Å². The summed E-state index contributed by atoms with van der Waals surface area (Å²) in [6.07, 6.45) is 1.63. The second-order valence-electron chi connectivity index (χ2n) is 4.05. The number of nitrogens with two attached hydrogens (primary N) is 1. The van der Waals surface area contributed by atoms with Crippen molar-refractivity contribution in [3.8, 4) is 0 Å². The first-order valence-corrected chi connectivity index (χ1v) is 5.37. The molecule has 0 atom stereocenters. The lowest BCUT2D eigenvalue weighted by atomic mass is 10.3. The molecule has 0 unspecified atom stereocenters. The normalized spacial score (nSPS) is 12.9. The van der Waals surface area contributed by atoms with Gasteiger partial charge < -0.3 is 10.9 Å². The summed E-state index contributed by atoms with van der Waals surface area (Å²) in [5, 5.41) is 11.6. The van der Waals surface area contributed by atoms with Crippen molar-refractivity contribution in [2.45, 2.75) is 30.4 Å². The molecule has 0 fully saturated rings. The first-order chi connectivity index (χ1) is 6.94. The maximum absolute atomic E-state index is 8.62. The van der Waals surface area contributed by atoms with Gasteiger partial charge in [0, 0.05) is 15.8 Å². The van der Waals surface area contributed by atoms with Crippen molar-refractivity contribution in [1.82, 2.24) is 4.98 Å². The molecule has 0 spiro atoms. The summed E-state index contributed by atoms with van der Waals surface area (Å²) in [6, 6.07) is 3.75. The molecule has 1 aromatic rings. The maximum Gasteiger partial charge on any atom is 0.189 e. The van der Waals surface area contributed by atoms with Gasteiger partial charge in [0.15, 0.2) is 5.84 Å². The fourth-order valence-electron chi connectivity index (χ4n) is 1.04. The van der Waals surface area contributed by atoms with Crippen molar-refractivity contribution >= 4 is 17.6 Å². The lowest BCUT2D eigenvalue weighted by Crippen LogP contribution is -2.17. The molecule has 15 heavy (non-hydrogen) atoms. The van der Waals surface area contributed by atoms with Gasteiger partial charge >= 0.3 is 0 Å². The number of rotatable bonds is 2. The Morgan fingerprint density at radius 1 is 1.53 bits per heavy atom. The number of aromatic nitrogens is 1. The third-order valence-electron chi connectivity index (χ3n) is 1.54. The zero-order valence-corrected chi connectivity index (χ0v) is 9.88. The molecule has 0 bridgehead atoms. The van der Waals surface area contributed by atoms with Gasteiger partial charge in [-0.25, -0.2) is 0 Å². The first-order valence-electron chi connectivity index (χ1n) is 4.56. The Morgan fingerprint density at radius 3 is 2.73 bits per heavy atom. The van der Waals surface area contributed by atoms with E-state index in [1.807, 2.05) is 12.1 Å². The van der Waals surface area contributed by atoms with E-state index in [-0.39, 0.29) is 10.6 Å². The van der Waals surface area contributed by atoms with E-state index in [1.54, 1.807) is 18.0 Å². The van der Waals surface area contributed by atoms with Gasteiger partial charge in [-0.3, -0.25) is 4.98 Å². The monoisotopic (exact) mass is 225 g/mol. The van der Waals surface area contributed by atoms with Crippen molar-refractivity contribution in [1.29, 1.82) is 0 Å². The minimum absolute atomic E-state index is 0.0438. The van der Waals surface area contributed by atoms with Crippen molar-refractivity contribution < 1.29 is 5.21 Å². The Balaban J connectivity index is 3.07. The fraction of sp³-hybridized carbons (Fsp3) is 0.400. The molecule has 4 nitrogen and oxygen atoms in total. The molecule has 1 aromatic heterocycles. The van der Waals surface area contributed by atoms with Crippen molar-refractivity contribution in [3.63, 3.8) is 0 Å². The van der Waals surface area contributed by atoms with E-state index in [0.717, 1.165) is 4.90 Å². The molecule has 0 aliphatic carbocycles. The van der Waals surface area contributed by atoms with E-state index in [9.17, 15) is 0 Å². The quantitative estimate of drug-likeness (QED) is 0.266. The number of pyridine rings is 1. The van der Waals surface area contributed by atoms with Crippen molar-refractivity contribution in [3.05, 3.63) is 24.0 Å². The maximum atomic E-state index is 8.62. The lowest BCUT2D eigenvalue weighted by Gasteiger charge is -2.18. The molecule has 0 saturated heterocycles. The molecule has 82 valence electrons. The van der Waals surface area contributed by atoms with Gasteiger partial charge in [-0.2, -0.15) is 0 Å². The fourth-order valence-corrected chi connectivity index (χ4v) is 2.10. The number of thioether (sulfide) groups is 1. The molecule has 0 saturated carbocycles. The Morgan fingerprint density at radius 2 is 2.20 bits per heavy atom. The van der Waals surface area contributed by atoms with E-state index in [4.69, 9.17) is 10.9 Å². The number of oxime groups is 1. The van der Waals surface area contributed by atoms with E-state index < -0.39 is 0 Å². The predicted octanol–water partition coefficient (Wildman–Crippen LogP) is 2.07. The van der Waals surface area contributed by atoms with Gasteiger partial charge in [-0.15, -0.1) is 11.8 Å². The van der Waals surface area contributed by atoms with Crippen LogP contribution in [0.4, 0.5) is 0 Å². The molecule has 0 aliphatic heterocycles. The SMILES string of the molecule is CC(C)(C)Sc1cccnc1/C(N)=N/O. The van der Waals surface area contributed by atoms with Crippen LogP contribution in [-0.2, 0) is 0 Å².